The molecule has 1 aromatic heterocycles. The maximum Gasteiger partial charge on any atom is 0.301 e. The van der Waals surface area contributed by atoms with E-state index in [0.717, 1.165) is 4.57 Å². The Hall–Kier alpha value is -1.44. The Morgan fingerprint density at radius 1 is 1.79 bits per heavy atom. The molecular formula is C12H18N2O5. The summed E-state index contributed by atoms with van der Waals surface area (Å²) in [4.78, 5) is 15.3. The third-order valence-electron chi connectivity index (χ3n) is 2.92. The third-order valence-corrected chi connectivity index (χ3v) is 2.92. The van der Waals surface area contributed by atoms with Gasteiger partial charge in [0.2, 0.25) is 0 Å². The van der Waals surface area contributed by atoms with Gasteiger partial charge in [-0.1, -0.05) is 0 Å². The highest BCUT2D eigenvalue weighted by Gasteiger charge is 2.35. The molecule has 1 aliphatic rings. The molecule has 2 N–H and O–H groups in total. The van der Waals surface area contributed by atoms with Crippen molar-refractivity contribution in [2.45, 2.75) is 38.6 Å². The second kappa shape index (κ2) is 5.68. The molecule has 0 spiro atoms. The zero-order valence-electron chi connectivity index (χ0n) is 15.2. The SMILES string of the molecule is [2H]C([2H])([2H])C([2H])([2H])Oc1nc(=O)c(C)cn1[C@H]1C[C@H](O)[C@@H](CO)O1. The Kier molecular flexibility index (Phi) is 2.60. The van der Waals surface area contributed by atoms with Crippen molar-refractivity contribution in [3.63, 3.8) is 0 Å². The molecule has 1 aromatic rings. The van der Waals surface area contributed by atoms with E-state index in [4.69, 9.17) is 21.4 Å². The van der Waals surface area contributed by atoms with Crippen LogP contribution in [0, 0.1) is 6.92 Å². The van der Waals surface area contributed by atoms with Gasteiger partial charge in [-0.05, 0) is 13.8 Å². The Balaban J connectivity index is 2.42. The van der Waals surface area contributed by atoms with E-state index in [1.165, 1.54) is 13.1 Å². The van der Waals surface area contributed by atoms with Crippen LogP contribution in [-0.4, -0.2) is 45.1 Å². The van der Waals surface area contributed by atoms with E-state index >= 15 is 0 Å². The third kappa shape index (κ3) is 2.78. The molecule has 2 rings (SSSR count). The number of aromatic nitrogens is 2. The van der Waals surface area contributed by atoms with Crippen LogP contribution < -0.4 is 10.3 Å². The standard InChI is InChI=1S/C12H18N2O5/c1-3-18-12-13-11(17)7(2)5-14(12)10-4-8(16)9(6-15)19-10/h5,8-10,15-16H,3-4,6H2,1-2H3/t8-,9+,10+/m0/s1/i1D3,3D2. The van der Waals surface area contributed by atoms with Crippen LogP contribution >= 0.6 is 0 Å². The highest BCUT2D eigenvalue weighted by molar-refractivity contribution is 5.10. The predicted molar refractivity (Wildman–Crippen MR) is 66.0 cm³/mol. The van der Waals surface area contributed by atoms with Crippen molar-refractivity contribution in [3.05, 3.63) is 22.1 Å². The summed E-state index contributed by atoms with van der Waals surface area (Å²) in [6.07, 6.45) is -1.43. The maximum atomic E-state index is 11.7. The van der Waals surface area contributed by atoms with E-state index in [0.29, 0.717) is 0 Å². The number of aliphatic hydroxyl groups excluding tert-OH is 2. The molecule has 1 fully saturated rings. The minimum atomic E-state index is -3.11. The van der Waals surface area contributed by atoms with Crippen LogP contribution in [0.2, 0.25) is 0 Å². The molecule has 19 heavy (non-hydrogen) atoms. The van der Waals surface area contributed by atoms with Crippen LogP contribution in [0.5, 0.6) is 6.01 Å². The maximum absolute atomic E-state index is 11.7. The Labute approximate surface area is 117 Å². The van der Waals surface area contributed by atoms with Gasteiger partial charge in [0.25, 0.3) is 5.56 Å². The van der Waals surface area contributed by atoms with Gasteiger partial charge in [-0.25, -0.2) is 0 Å². The first-order chi connectivity index (χ1) is 11.0. The summed E-state index contributed by atoms with van der Waals surface area (Å²) < 4.78 is 47.9. The van der Waals surface area contributed by atoms with E-state index in [2.05, 4.69) is 4.98 Å². The number of aryl methyl sites for hydroxylation is 1. The molecule has 3 atom stereocenters. The van der Waals surface area contributed by atoms with Crippen molar-refractivity contribution < 1.29 is 26.5 Å². The molecule has 1 saturated heterocycles. The van der Waals surface area contributed by atoms with Gasteiger partial charge >= 0.3 is 6.01 Å². The number of ether oxygens (including phenoxy) is 2. The Morgan fingerprint density at radius 3 is 3.21 bits per heavy atom. The fourth-order valence-corrected chi connectivity index (χ4v) is 1.93. The fraction of sp³-hybridized carbons (Fsp3) is 0.667. The summed E-state index contributed by atoms with van der Waals surface area (Å²) in [7, 11) is 0. The van der Waals surface area contributed by atoms with Gasteiger partial charge < -0.3 is 19.7 Å². The lowest BCUT2D eigenvalue weighted by Crippen LogP contribution is -2.24. The van der Waals surface area contributed by atoms with Crippen molar-refractivity contribution in [2.75, 3.05) is 13.2 Å². The van der Waals surface area contributed by atoms with E-state index < -0.39 is 50.0 Å². The second-order valence-electron chi connectivity index (χ2n) is 4.24. The van der Waals surface area contributed by atoms with Crippen LogP contribution in [0.15, 0.2) is 11.0 Å². The topological polar surface area (TPSA) is 93.8 Å². The lowest BCUT2D eigenvalue weighted by atomic mass is 10.2. The largest absolute Gasteiger partial charge is 0.465 e. The normalized spacial score (nSPS) is 31.9. The Bertz CT molecular complexity index is 662. The molecule has 0 saturated carbocycles. The number of hydrogen-bond donors (Lipinski definition) is 2. The highest BCUT2D eigenvalue weighted by Crippen LogP contribution is 2.30. The van der Waals surface area contributed by atoms with Gasteiger partial charge in [-0.15, -0.1) is 0 Å². The molecule has 0 amide bonds. The van der Waals surface area contributed by atoms with Gasteiger partial charge in [0.05, 0.1) is 22.0 Å². The van der Waals surface area contributed by atoms with Crippen molar-refractivity contribution in [3.8, 4) is 6.01 Å². The summed E-state index contributed by atoms with van der Waals surface area (Å²) >= 11 is 0. The van der Waals surface area contributed by atoms with E-state index in [1.54, 1.807) is 0 Å². The van der Waals surface area contributed by atoms with Crippen molar-refractivity contribution >= 4 is 0 Å². The zero-order chi connectivity index (χ0) is 18.3. The van der Waals surface area contributed by atoms with Crippen LogP contribution in [0.1, 0.15) is 31.9 Å². The molecular weight excluding hydrogens is 252 g/mol. The van der Waals surface area contributed by atoms with Crippen LogP contribution in [0.3, 0.4) is 0 Å². The second-order valence-corrected chi connectivity index (χ2v) is 4.24. The van der Waals surface area contributed by atoms with Crippen LogP contribution in [0.4, 0.5) is 0 Å². The summed E-state index contributed by atoms with van der Waals surface area (Å²) in [5.41, 5.74) is -0.512. The van der Waals surface area contributed by atoms with Gasteiger partial charge in [0, 0.05) is 22.3 Å². The quantitative estimate of drug-likeness (QED) is 0.776. The molecule has 0 radical (unpaired) electrons. The molecule has 7 nitrogen and oxygen atoms in total. The molecule has 0 bridgehead atoms. The van der Waals surface area contributed by atoms with Crippen molar-refractivity contribution in [1.29, 1.82) is 0 Å². The number of hydrogen-bond acceptors (Lipinski definition) is 6. The molecule has 2 heterocycles. The van der Waals surface area contributed by atoms with Crippen molar-refractivity contribution in [2.24, 2.45) is 0 Å². The molecule has 106 valence electrons. The van der Waals surface area contributed by atoms with Gasteiger partial charge in [-0.2, -0.15) is 4.98 Å². The summed E-state index contributed by atoms with van der Waals surface area (Å²) in [5, 5.41) is 18.9. The first-order valence-corrected chi connectivity index (χ1v) is 5.69. The van der Waals surface area contributed by atoms with E-state index in [1.807, 2.05) is 0 Å². The first-order valence-electron chi connectivity index (χ1n) is 8.19. The lowest BCUT2D eigenvalue weighted by Gasteiger charge is -2.19. The first kappa shape index (κ1) is 8.68. The van der Waals surface area contributed by atoms with Gasteiger partial charge in [0.1, 0.15) is 12.3 Å². The molecule has 0 aliphatic carbocycles. The minimum absolute atomic E-state index is 0.0301. The van der Waals surface area contributed by atoms with Crippen LogP contribution in [-0.2, 0) is 4.74 Å². The molecule has 7 heteroatoms. The van der Waals surface area contributed by atoms with E-state index in [-0.39, 0.29) is 12.0 Å². The zero-order valence-corrected chi connectivity index (χ0v) is 10.2. The minimum Gasteiger partial charge on any atom is -0.465 e. The Morgan fingerprint density at radius 2 is 2.58 bits per heavy atom. The smallest absolute Gasteiger partial charge is 0.301 e. The van der Waals surface area contributed by atoms with Gasteiger partial charge in [-0.3, -0.25) is 9.36 Å². The van der Waals surface area contributed by atoms with Gasteiger partial charge in [0.15, 0.2) is 0 Å². The molecule has 0 aromatic carbocycles. The summed E-state index contributed by atoms with van der Waals surface area (Å²) in [6, 6.07) is -0.581. The highest BCUT2D eigenvalue weighted by atomic mass is 16.6. The summed E-state index contributed by atoms with van der Waals surface area (Å²) in [6.45, 7) is -5.17. The predicted octanol–water partition coefficient (Wildman–Crippen LogP) is -0.409. The van der Waals surface area contributed by atoms with E-state index in [9.17, 15) is 9.90 Å². The average molecular weight is 275 g/mol. The number of rotatable bonds is 4. The number of aliphatic hydroxyl groups is 2. The molecule has 0 unspecified atom stereocenters. The van der Waals surface area contributed by atoms with Crippen LogP contribution in [0.25, 0.3) is 0 Å². The average Bonchev–Trinajstić information content (AvgIpc) is 2.82. The molecule has 1 aliphatic heterocycles. The number of nitrogens with zero attached hydrogens (tertiary/aromatic N) is 2. The van der Waals surface area contributed by atoms with Crippen molar-refractivity contribution in [1.82, 2.24) is 9.55 Å². The monoisotopic (exact) mass is 275 g/mol. The lowest BCUT2D eigenvalue weighted by molar-refractivity contribution is -0.0473. The fourth-order valence-electron chi connectivity index (χ4n) is 1.93. The summed E-state index contributed by atoms with van der Waals surface area (Å²) in [5.74, 6) is 0.